The Balaban J connectivity index is 2.34. The predicted octanol–water partition coefficient (Wildman–Crippen LogP) is 2.69. The molecule has 0 fully saturated rings. The summed E-state index contributed by atoms with van der Waals surface area (Å²) in [4.78, 5) is 0. The predicted molar refractivity (Wildman–Crippen MR) is 62.3 cm³/mol. The molecule has 0 saturated heterocycles. The second-order valence-corrected chi connectivity index (χ2v) is 3.84. The second-order valence-electron chi connectivity index (χ2n) is 3.46. The zero-order valence-electron chi connectivity index (χ0n) is 8.90. The van der Waals surface area contributed by atoms with Crippen molar-refractivity contribution in [1.82, 2.24) is 14.8 Å². The Labute approximate surface area is 97.9 Å². The summed E-state index contributed by atoms with van der Waals surface area (Å²) < 4.78 is 15.9. The van der Waals surface area contributed by atoms with Crippen molar-refractivity contribution < 1.29 is 4.39 Å². The van der Waals surface area contributed by atoms with Crippen LogP contribution in [0.15, 0.2) is 24.3 Å². The van der Waals surface area contributed by atoms with E-state index < -0.39 is 0 Å². The van der Waals surface area contributed by atoms with Gasteiger partial charge < -0.3 is 4.57 Å². The van der Waals surface area contributed by atoms with Gasteiger partial charge >= 0.3 is 0 Å². The minimum atomic E-state index is -0.209. The van der Waals surface area contributed by atoms with Crippen LogP contribution in [0.25, 0.3) is 0 Å². The molecule has 3 nitrogen and oxygen atoms in total. The minimum absolute atomic E-state index is 0.209. The molecule has 0 unspecified atom stereocenters. The van der Waals surface area contributed by atoms with Gasteiger partial charge in [0, 0.05) is 13.0 Å². The van der Waals surface area contributed by atoms with E-state index >= 15 is 0 Å². The number of benzene rings is 1. The van der Waals surface area contributed by atoms with E-state index in [9.17, 15) is 4.39 Å². The maximum absolute atomic E-state index is 13.4. The van der Waals surface area contributed by atoms with Crippen molar-refractivity contribution in [3.63, 3.8) is 0 Å². The average Bonchev–Trinajstić information content (AvgIpc) is 2.63. The fraction of sp³-hybridized carbons (Fsp3) is 0.273. The number of aromatic amines is 1. The van der Waals surface area contributed by atoms with Crippen LogP contribution in [0, 0.1) is 10.6 Å². The number of H-pyrrole nitrogens is 1. The first-order valence-electron chi connectivity index (χ1n) is 5.10. The summed E-state index contributed by atoms with van der Waals surface area (Å²) in [5, 5.41) is 6.82. The highest BCUT2D eigenvalue weighted by Gasteiger charge is 2.08. The maximum atomic E-state index is 13.4. The van der Waals surface area contributed by atoms with Gasteiger partial charge in [-0.3, -0.25) is 5.10 Å². The van der Waals surface area contributed by atoms with Crippen LogP contribution in [0.5, 0.6) is 0 Å². The molecule has 0 bridgehead atoms. The van der Waals surface area contributed by atoms with Crippen LogP contribution in [0.1, 0.15) is 18.3 Å². The van der Waals surface area contributed by atoms with Crippen molar-refractivity contribution in [3.05, 3.63) is 46.2 Å². The van der Waals surface area contributed by atoms with Crippen molar-refractivity contribution in [2.24, 2.45) is 0 Å². The minimum Gasteiger partial charge on any atom is -0.304 e. The highest BCUT2D eigenvalue weighted by molar-refractivity contribution is 7.71. The molecule has 0 aliphatic rings. The lowest BCUT2D eigenvalue weighted by atomic mass is 10.1. The summed E-state index contributed by atoms with van der Waals surface area (Å²) in [5.41, 5.74) is 0.631. The fourth-order valence-corrected chi connectivity index (χ4v) is 1.90. The van der Waals surface area contributed by atoms with Gasteiger partial charge in [0.15, 0.2) is 4.77 Å². The average molecular weight is 237 g/mol. The SMILES string of the molecule is CCn1c(Cc2ccccc2F)n[nH]c1=S. The van der Waals surface area contributed by atoms with Gasteiger partial charge in [0.05, 0.1) is 0 Å². The van der Waals surface area contributed by atoms with Crippen LogP contribution in [-0.2, 0) is 13.0 Å². The van der Waals surface area contributed by atoms with Gasteiger partial charge in [0.2, 0.25) is 0 Å². The van der Waals surface area contributed by atoms with E-state index in [1.165, 1.54) is 6.07 Å². The number of hydrogen-bond acceptors (Lipinski definition) is 2. The number of nitrogens with one attached hydrogen (secondary N) is 1. The molecule has 1 heterocycles. The van der Waals surface area contributed by atoms with Crippen molar-refractivity contribution in [3.8, 4) is 0 Å². The Morgan fingerprint density at radius 2 is 2.19 bits per heavy atom. The molecular formula is C11H12FN3S. The topological polar surface area (TPSA) is 33.6 Å². The fourth-order valence-electron chi connectivity index (χ4n) is 1.62. The standard InChI is InChI=1S/C11H12FN3S/c1-2-15-10(13-14-11(15)16)7-8-5-3-4-6-9(8)12/h3-6H,2,7H2,1H3,(H,14,16). The Bertz CT molecular complexity index is 544. The molecule has 0 aliphatic heterocycles. The molecule has 5 heteroatoms. The van der Waals surface area contributed by atoms with Crippen LogP contribution >= 0.6 is 12.2 Å². The molecule has 1 aromatic carbocycles. The van der Waals surface area contributed by atoms with Crippen LogP contribution < -0.4 is 0 Å². The summed E-state index contributed by atoms with van der Waals surface area (Å²) in [6, 6.07) is 6.70. The summed E-state index contributed by atoms with van der Waals surface area (Å²) in [5.74, 6) is 0.552. The highest BCUT2D eigenvalue weighted by Crippen LogP contribution is 2.11. The van der Waals surface area contributed by atoms with Crippen LogP contribution in [0.2, 0.25) is 0 Å². The Morgan fingerprint density at radius 1 is 1.44 bits per heavy atom. The molecule has 0 spiro atoms. The van der Waals surface area contributed by atoms with Crippen molar-refractivity contribution in [1.29, 1.82) is 0 Å². The molecule has 0 radical (unpaired) electrons. The van der Waals surface area contributed by atoms with E-state index in [4.69, 9.17) is 12.2 Å². The van der Waals surface area contributed by atoms with Gasteiger partial charge in [-0.15, -0.1) is 0 Å². The molecule has 1 aromatic heterocycles. The molecule has 0 aliphatic carbocycles. The second kappa shape index (κ2) is 4.57. The van der Waals surface area contributed by atoms with Gasteiger partial charge in [-0.05, 0) is 30.8 Å². The number of halogens is 1. The molecule has 16 heavy (non-hydrogen) atoms. The normalized spacial score (nSPS) is 10.6. The van der Waals surface area contributed by atoms with Crippen LogP contribution in [0.4, 0.5) is 4.39 Å². The van der Waals surface area contributed by atoms with Gasteiger partial charge in [-0.1, -0.05) is 18.2 Å². The van der Waals surface area contributed by atoms with Crippen molar-refractivity contribution in [2.45, 2.75) is 19.9 Å². The number of aromatic nitrogens is 3. The first kappa shape index (κ1) is 11.0. The van der Waals surface area contributed by atoms with E-state index in [1.807, 2.05) is 17.6 Å². The first-order chi connectivity index (χ1) is 7.72. The molecular weight excluding hydrogens is 225 g/mol. The number of rotatable bonds is 3. The Hall–Kier alpha value is -1.49. The molecule has 0 atom stereocenters. The van der Waals surface area contributed by atoms with E-state index in [1.54, 1.807) is 12.1 Å². The van der Waals surface area contributed by atoms with E-state index in [0.717, 1.165) is 12.4 Å². The Kier molecular flexibility index (Phi) is 3.14. The largest absolute Gasteiger partial charge is 0.304 e. The Morgan fingerprint density at radius 3 is 2.88 bits per heavy atom. The summed E-state index contributed by atoms with van der Waals surface area (Å²) >= 11 is 5.07. The van der Waals surface area contributed by atoms with E-state index in [-0.39, 0.29) is 5.82 Å². The van der Waals surface area contributed by atoms with Crippen molar-refractivity contribution >= 4 is 12.2 Å². The van der Waals surface area contributed by atoms with Crippen molar-refractivity contribution in [2.75, 3.05) is 0 Å². The molecule has 84 valence electrons. The monoisotopic (exact) mass is 237 g/mol. The molecule has 0 amide bonds. The van der Waals surface area contributed by atoms with E-state index in [2.05, 4.69) is 10.2 Å². The summed E-state index contributed by atoms with van der Waals surface area (Å²) in [6.07, 6.45) is 0.452. The molecule has 2 rings (SSSR count). The van der Waals surface area contributed by atoms with E-state index in [0.29, 0.717) is 16.8 Å². The van der Waals surface area contributed by atoms with Gasteiger partial charge in [-0.25, -0.2) is 4.39 Å². The van der Waals surface area contributed by atoms with Gasteiger partial charge in [-0.2, -0.15) is 5.10 Å². The van der Waals surface area contributed by atoms with Gasteiger partial charge in [0.25, 0.3) is 0 Å². The summed E-state index contributed by atoms with van der Waals surface area (Å²) in [7, 11) is 0. The third-order valence-corrected chi connectivity index (χ3v) is 2.77. The van der Waals surface area contributed by atoms with Gasteiger partial charge in [0.1, 0.15) is 11.6 Å². The third kappa shape index (κ3) is 2.04. The first-order valence-corrected chi connectivity index (χ1v) is 5.50. The molecule has 2 aromatic rings. The zero-order valence-corrected chi connectivity index (χ0v) is 9.72. The maximum Gasteiger partial charge on any atom is 0.195 e. The zero-order chi connectivity index (χ0) is 11.5. The van der Waals surface area contributed by atoms with Crippen LogP contribution in [-0.4, -0.2) is 14.8 Å². The number of nitrogens with zero attached hydrogens (tertiary/aromatic N) is 2. The highest BCUT2D eigenvalue weighted by atomic mass is 32.1. The summed E-state index contributed by atoms with van der Waals surface area (Å²) in [6.45, 7) is 2.72. The lowest BCUT2D eigenvalue weighted by Crippen LogP contribution is -2.03. The lowest BCUT2D eigenvalue weighted by Gasteiger charge is -2.04. The van der Waals surface area contributed by atoms with Crippen LogP contribution in [0.3, 0.4) is 0 Å². The third-order valence-electron chi connectivity index (χ3n) is 2.46. The lowest BCUT2D eigenvalue weighted by molar-refractivity contribution is 0.607. The quantitative estimate of drug-likeness (QED) is 0.833. The molecule has 1 N–H and O–H groups in total. The molecule has 0 saturated carbocycles. The smallest absolute Gasteiger partial charge is 0.195 e. The number of hydrogen-bond donors (Lipinski definition) is 1.